The summed E-state index contributed by atoms with van der Waals surface area (Å²) in [6, 6.07) is 6.61. The number of halogens is 1. The first-order valence-electron chi connectivity index (χ1n) is 7.86. The van der Waals surface area contributed by atoms with E-state index < -0.39 is 0 Å². The summed E-state index contributed by atoms with van der Waals surface area (Å²) in [7, 11) is 0. The predicted molar refractivity (Wildman–Crippen MR) is 86.1 cm³/mol. The molecule has 2 bridgehead atoms. The van der Waals surface area contributed by atoms with E-state index in [0.29, 0.717) is 6.04 Å². The summed E-state index contributed by atoms with van der Waals surface area (Å²) < 4.78 is 0. The Morgan fingerprint density at radius 2 is 1.90 bits per heavy atom. The molecule has 114 valence electrons. The Balaban J connectivity index is 0.00000132. The lowest BCUT2D eigenvalue weighted by Gasteiger charge is -2.50. The zero-order chi connectivity index (χ0) is 13.7. The zero-order valence-electron chi connectivity index (χ0n) is 12.5. The molecule has 0 aliphatic carbocycles. The van der Waals surface area contributed by atoms with Crippen LogP contribution in [0.3, 0.4) is 0 Å². The van der Waals surface area contributed by atoms with Crippen LogP contribution in [0.4, 0.5) is 0 Å². The van der Waals surface area contributed by atoms with Gasteiger partial charge in [-0.1, -0.05) is 12.1 Å². The van der Waals surface area contributed by atoms with Crippen molar-refractivity contribution < 1.29 is 4.79 Å². The Labute approximate surface area is 132 Å². The lowest BCUT2D eigenvalue weighted by molar-refractivity contribution is 0.00604. The standard InChI is InChI=1S/C17H22N2O.ClH/c1-12-3-2-4-15-14(12)7-10-19(17(15)20)16-11-18-8-5-13(16)6-9-18;/h2-4,13,16H,5-11H2,1H3;1H. The molecule has 1 unspecified atom stereocenters. The number of piperidine rings is 3. The predicted octanol–water partition coefficient (Wildman–Crippen LogP) is 2.51. The van der Waals surface area contributed by atoms with Crippen molar-refractivity contribution in [3.63, 3.8) is 0 Å². The molecule has 3 fully saturated rings. The van der Waals surface area contributed by atoms with Crippen LogP contribution in [0, 0.1) is 12.8 Å². The first-order chi connectivity index (χ1) is 9.74. The van der Waals surface area contributed by atoms with E-state index in [0.717, 1.165) is 31.0 Å². The zero-order valence-corrected chi connectivity index (χ0v) is 13.4. The maximum absolute atomic E-state index is 12.9. The molecule has 0 aromatic heterocycles. The molecule has 3 saturated heterocycles. The van der Waals surface area contributed by atoms with Crippen molar-refractivity contribution in [2.45, 2.75) is 32.2 Å². The van der Waals surface area contributed by atoms with E-state index in [1.54, 1.807) is 0 Å². The molecule has 0 spiro atoms. The van der Waals surface area contributed by atoms with Gasteiger partial charge < -0.3 is 9.80 Å². The summed E-state index contributed by atoms with van der Waals surface area (Å²) in [5.41, 5.74) is 3.49. The maximum Gasteiger partial charge on any atom is 0.254 e. The molecule has 1 aromatic carbocycles. The van der Waals surface area contributed by atoms with E-state index in [9.17, 15) is 4.79 Å². The molecule has 4 aliphatic heterocycles. The van der Waals surface area contributed by atoms with Crippen molar-refractivity contribution in [3.05, 3.63) is 34.9 Å². The molecule has 3 nitrogen and oxygen atoms in total. The third-order valence-electron chi connectivity index (χ3n) is 5.53. The quantitative estimate of drug-likeness (QED) is 0.796. The van der Waals surface area contributed by atoms with Crippen LogP contribution in [-0.4, -0.2) is 47.9 Å². The highest BCUT2D eigenvalue weighted by molar-refractivity contribution is 5.97. The topological polar surface area (TPSA) is 23.6 Å². The monoisotopic (exact) mass is 306 g/mol. The van der Waals surface area contributed by atoms with E-state index in [1.165, 1.54) is 37.1 Å². The van der Waals surface area contributed by atoms with Crippen LogP contribution < -0.4 is 0 Å². The van der Waals surface area contributed by atoms with Crippen LogP contribution in [0.2, 0.25) is 0 Å². The first-order valence-corrected chi connectivity index (χ1v) is 7.86. The van der Waals surface area contributed by atoms with Crippen molar-refractivity contribution in [2.24, 2.45) is 5.92 Å². The van der Waals surface area contributed by atoms with Gasteiger partial charge >= 0.3 is 0 Å². The fourth-order valence-electron chi connectivity index (χ4n) is 4.33. The molecular weight excluding hydrogens is 284 g/mol. The van der Waals surface area contributed by atoms with Crippen molar-refractivity contribution in [2.75, 3.05) is 26.2 Å². The fourth-order valence-corrected chi connectivity index (χ4v) is 4.33. The van der Waals surface area contributed by atoms with Crippen LogP contribution in [0.15, 0.2) is 18.2 Å². The van der Waals surface area contributed by atoms with Gasteiger partial charge in [-0.05, 0) is 62.4 Å². The molecule has 4 aliphatic rings. The molecule has 0 radical (unpaired) electrons. The number of amides is 1. The van der Waals surface area contributed by atoms with E-state index in [2.05, 4.69) is 22.8 Å². The van der Waals surface area contributed by atoms with E-state index in [-0.39, 0.29) is 18.3 Å². The average Bonchev–Trinajstić information content (AvgIpc) is 2.50. The van der Waals surface area contributed by atoms with Gasteiger partial charge in [-0.25, -0.2) is 0 Å². The van der Waals surface area contributed by atoms with Gasteiger partial charge in [0.15, 0.2) is 0 Å². The number of aryl methyl sites for hydroxylation is 1. The van der Waals surface area contributed by atoms with Crippen LogP contribution >= 0.6 is 12.4 Å². The number of fused-ring (bicyclic) bond motifs is 4. The van der Waals surface area contributed by atoms with Gasteiger partial charge in [0, 0.05) is 24.7 Å². The average molecular weight is 307 g/mol. The Kier molecular flexibility index (Phi) is 3.98. The van der Waals surface area contributed by atoms with Gasteiger partial charge in [0.1, 0.15) is 0 Å². The third kappa shape index (κ3) is 2.36. The van der Waals surface area contributed by atoms with E-state index in [1.807, 2.05) is 12.1 Å². The van der Waals surface area contributed by atoms with Crippen LogP contribution in [0.25, 0.3) is 0 Å². The smallest absolute Gasteiger partial charge is 0.254 e. The van der Waals surface area contributed by atoms with E-state index >= 15 is 0 Å². The summed E-state index contributed by atoms with van der Waals surface area (Å²) in [5, 5.41) is 0. The van der Waals surface area contributed by atoms with Gasteiger partial charge in [-0.15, -0.1) is 12.4 Å². The highest BCUT2D eigenvalue weighted by Gasteiger charge is 2.40. The molecule has 1 atom stereocenters. The number of benzene rings is 1. The number of hydrogen-bond donors (Lipinski definition) is 0. The molecule has 0 N–H and O–H groups in total. The fraction of sp³-hybridized carbons (Fsp3) is 0.588. The third-order valence-corrected chi connectivity index (χ3v) is 5.53. The number of carbonyl (C=O) groups is 1. The molecular formula is C17H23ClN2O. The largest absolute Gasteiger partial charge is 0.334 e. The highest BCUT2D eigenvalue weighted by Crippen LogP contribution is 2.33. The Morgan fingerprint density at radius 1 is 1.14 bits per heavy atom. The Bertz CT molecular complexity index is 552. The number of nitrogens with zero attached hydrogens (tertiary/aromatic N) is 2. The second-order valence-electron chi connectivity index (χ2n) is 6.55. The minimum atomic E-state index is 0. The van der Waals surface area contributed by atoms with Crippen LogP contribution in [-0.2, 0) is 6.42 Å². The van der Waals surface area contributed by atoms with Gasteiger partial charge in [0.25, 0.3) is 5.91 Å². The van der Waals surface area contributed by atoms with Crippen molar-refractivity contribution >= 4 is 18.3 Å². The van der Waals surface area contributed by atoms with Crippen LogP contribution in [0.1, 0.15) is 34.3 Å². The lowest BCUT2D eigenvalue weighted by Crippen LogP contribution is -2.59. The van der Waals surface area contributed by atoms with Gasteiger partial charge in [-0.2, -0.15) is 0 Å². The SMILES string of the molecule is Cc1cccc2c1CCN(C1CN3CCC1CC3)C2=O.Cl. The highest BCUT2D eigenvalue weighted by atomic mass is 35.5. The van der Waals surface area contributed by atoms with E-state index in [4.69, 9.17) is 0 Å². The van der Waals surface area contributed by atoms with Crippen molar-refractivity contribution in [1.82, 2.24) is 9.80 Å². The Morgan fingerprint density at radius 3 is 2.57 bits per heavy atom. The summed E-state index contributed by atoms with van der Waals surface area (Å²) in [6.07, 6.45) is 3.57. The molecule has 4 heterocycles. The minimum Gasteiger partial charge on any atom is -0.334 e. The number of hydrogen-bond acceptors (Lipinski definition) is 2. The molecule has 5 rings (SSSR count). The molecule has 21 heavy (non-hydrogen) atoms. The number of rotatable bonds is 1. The maximum atomic E-state index is 12.9. The van der Waals surface area contributed by atoms with Gasteiger partial charge in [0.05, 0.1) is 0 Å². The summed E-state index contributed by atoms with van der Waals surface area (Å²) in [5.74, 6) is 1.00. The number of carbonyl (C=O) groups excluding carboxylic acids is 1. The molecule has 0 saturated carbocycles. The summed E-state index contributed by atoms with van der Waals surface area (Å²) in [6.45, 7) is 6.59. The van der Waals surface area contributed by atoms with Gasteiger partial charge in [-0.3, -0.25) is 4.79 Å². The second-order valence-corrected chi connectivity index (χ2v) is 6.55. The van der Waals surface area contributed by atoms with Crippen molar-refractivity contribution in [3.8, 4) is 0 Å². The lowest BCUT2D eigenvalue weighted by atomic mass is 9.81. The molecule has 1 amide bonds. The summed E-state index contributed by atoms with van der Waals surface area (Å²) >= 11 is 0. The first kappa shape index (κ1) is 14.9. The normalized spacial score (nSPS) is 30.8. The Hall–Kier alpha value is -1.06. The minimum absolute atomic E-state index is 0. The molecule has 4 heteroatoms. The van der Waals surface area contributed by atoms with Gasteiger partial charge in [0.2, 0.25) is 0 Å². The van der Waals surface area contributed by atoms with Crippen LogP contribution in [0.5, 0.6) is 0 Å². The van der Waals surface area contributed by atoms with Crippen molar-refractivity contribution in [1.29, 1.82) is 0 Å². The second kappa shape index (κ2) is 5.62. The molecule has 1 aromatic rings. The summed E-state index contributed by atoms with van der Waals surface area (Å²) in [4.78, 5) is 17.6.